The summed E-state index contributed by atoms with van der Waals surface area (Å²) in [7, 11) is 0. The maximum atomic E-state index is 11.5. The Labute approximate surface area is 116 Å². The van der Waals surface area contributed by atoms with Gasteiger partial charge in [-0.2, -0.15) is 0 Å². The van der Waals surface area contributed by atoms with Gasteiger partial charge in [0.1, 0.15) is 6.61 Å². The van der Waals surface area contributed by atoms with Crippen molar-refractivity contribution in [2.24, 2.45) is 5.41 Å². The van der Waals surface area contributed by atoms with Gasteiger partial charge in [0, 0.05) is 18.5 Å². The molecular weight excluding hydrogens is 244 g/mol. The van der Waals surface area contributed by atoms with E-state index >= 15 is 0 Å². The molecular formula is C14H28N2O3. The first-order valence-corrected chi connectivity index (χ1v) is 6.65. The van der Waals surface area contributed by atoms with Gasteiger partial charge in [-0.15, -0.1) is 0 Å². The van der Waals surface area contributed by atoms with E-state index in [1.807, 2.05) is 41.5 Å². The van der Waals surface area contributed by atoms with Crippen LogP contribution in [0.15, 0.2) is 0 Å². The summed E-state index contributed by atoms with van der Waals surface area (Å²) in [5, 5.41) is 5.56. The normalized spacial score (nSPS) is 12.1. The van der Waals surface area contributed by atoms with Crippen molar-refractivity contribution in [3.05, 3.63) is 0 Å². The summed E-state index contributed by atoms with van der Waals surface area (Å²) >= 11 is 0. The molecule has 0 bridgehead atoms. The van der Waals surface area contributed by atoms with Crippen LogP contribution in [0, 0.1) is 5.41 Å². The summed E-state index contributed by atoms with van der Waals surface area (Å²) in [5.74, 6) is -0.135. The number of hydrogen-bond donors (Lipinski definition) is 2. The highest BCUT2D eigenvalue weighted by molar-refractivity contribution is 5.78. The van der Waals surface area contributed by atoms with Gasteiger partial charge in [-0.3, -0.25) is 9.59 Å². The number of ether oxygens (including phenoxy) is 1. The predicted octanol–water partition coefficient (Wildman–Crippen LogP) is 1.47. The molecule has 0 heterocycles. The van der Waals surface area contributed by atoms with Gasteiger partial charge in [0.15, 0.2) is 0 Å². The van der Waals surface area contributed by atoms with E-state index in [1.165, 1.54) is 0 Å². The lowest BCUT2D eigenvalue weighted by molar-refractivity contribution is -0.127. The molecule has 19 heavy (non-hydrogen) atoms. The van der Waals surface area contributed by atoms with Crippen molar-refractivity contribution in [2.75, 3.05) is 19.8 Å². The standard InChI is InChI=1S/C14H28N2O3/c1-13(2,3)9-11(17)15-7-8-19-10-12(18)16-14(4,5)6/h7-10H2,1-6H3,(H,15,17)(H,16,18). The van der Waals surface area contributed by atoms with Crippen molar-refractivity contribution < 1.29 is 14.3 Å². The lowest BCUT2D eigenvalue weighted by atomic mass is 9.92. The Hall–Kier alpha value is -1.10. The highest BCUT2D eigenvalue weighted by atomic mass is 16.5. The second-order valence-corrected chi connectivity index (χ2v) is 6.94. The van der Waals surface area contributed by atoms with E-state index in [1.54, 1.807) is 0 Å². The van der Waals surface area contributed by atoms with Crippen molar-refractivity contribution in [1.82, 2.24) is 10.6 Å². The summed E-state index contributed by atoms with van der Waals surface area (Å²) in [6.45, 7) is 12.6. The molecule has 0 aromatic rings. The molecule has 2 N–H and O–H groups in total. The van der Waals surface area contributed by atoms with E-state index < -0.39 is 0 Å². The maximum Gasteiger partial charge on any atom is 0.246 e. The molecule has 112 valence electrons. The highest BCUT2D eigenvalue weighted by Crippen LogP contribution is 2.17. The molecule has 0 aromatic heterocycles. The predicted molar refractivity (Wildman–Crippen MR) is 75.8 cm³/mol. The van der Waals surface area contributed by atoms with Crippen LogP contribution in [-0.4, -0.2) is 37.1 Å². The van der Waals surface area contributed by atoms with Gasteiger partial charge >= 0.3 is 0 Å². The molecule has 0 aromatic carbocycles. The molecule has 0 spiro atoms. The van der Waals surface area contributed by atoms with E-state index in [4.69, 9.17) is 4.74 Å². The van der Waals surface area contributed by atoms with Crippen LogP contribution in [0.1, 0.15) is 48.0 Å². The monoisotopic (exact) mass is 272 g/mol. The van der Waals surface area contributed by atoms with Crippen LogP contribution in [0.2, 0.25) is 0 Å². The number of carbonyl (C=O) groups excluding carboxylic acids is 2. The fourth-order valence-corrected chi connectivity index (χ4v) is 1.43. The van der Waals surface area contributed by atoms with E-state index in [0.29, 0.717) is 19.6 Å². The lowest BCUT2D eigenvalue weighted by Crippen LogP contribution is -2.42. The third kappa shape index (κ3) is 13.1. The highest BCUT2D eigenvalue weighted by Gasteiger charge is 2.15. The zero-order valence-corrected chi connectivity index (χ0v) is 13.1. The van der Waals surface area contributed by atoms with Crippen LogP contribution in [0.5, 0.6) is 0 Å². The number of carbonyl (C=O) groups is 2. The molecule has 0 radical (unpaired) electrons. The van der Waals surface area contributed by atoms with Crippen LogP contribution in [-0.2, 0) is 14.3 Å². The molecule has 5 nitrogen and oxygen atoms in total. The van der Waals surface area contributed by atoms with Crippen LogP contribution >= 0.6 is 0 Å². The Balaban J connectivity index is 3.61. The van der Waals surface area contributed by atoms with Crippen LogP contribution < -0.4 is 10.6 Å². The van der Waals surface area contributed by atoms with Crippen molar-refractivity contribution in [2.45, 2.75) is 53.5 Å². The molecule has 0 aliphatic rings. The first-order chi connectivity index (χ1) is 8.49. The Morgan fingerprint density at radius 3 is 2.05 bits per heavy atom. The fourth-order valence-electron chi connectivity index (χ4n) is 1.43. The number of nitrogens with one attached hydrogen (secondary N) is 2. The lowest BCUT2D eigenvalue weighted by Gasteiger charge is -2.20. The molecule has 2 amide bonds. The van der Waals surface area contributed by atoms with Crippen molar-refractivity contribution in [3.8, 4) is 0 Å². The van der Waals surface area contributed by atoms with E-state index in [9.17, 15) is 9.59 Å². The van der Waals surface area contributed by atoms with Crippen molar-refractivity contribution in [1.29, 1.82) is 0 Å². The largest absolute Gasteiger partial charge is 0.370 e. The SMILES string of the molecule is CC(C)(C)CC(=O)NCCOCC(=O)NC(C)(C)C. The third-order valence-electron chi connectivity index (χ3n) is 2.01. The number of hydrogen-bond acceptors (Lipinski definition) is 3. The zero-order chi connectivity index (χ0) is 15.1. The molecule has 0 unspecified atom stereocenters. The van der Waals surface area contributed by atoms with E-state index in [2.05, 4.69) is 10.6 Å². The molecule has 0 saturated heterocycles. The van der Waals surface area contributed by atoms with Gasteiger partial charge in [0.25, 0.3) is 0 Å². The third-order valence-corrected chi connectivity index (χ3v) is 2.01. The number of rotatable bonds is 6. The van der Waals surface area contributed by atoms with Crippen LogP contribution in [0.4, 0.5) is 0 Å². The smallest absolute Gasteiger partial charge is 0.246 e. The summed E-state index contributed by atoms with van der Waals surface area (Å²) in [6.07, 6.45) is 0.484. The summed E-state index contributed by atoms with van der Waals surface area (Å²) < 4.78 is 5.20. The van der Waals surface area contributed by atoms with Gasteiger partial charge in [0.05, 0.1) is 6.61 Å². The average molecular weight is 272 g/mol. The molecule has 5 heteroatoms. The minimum absolute atomic E-state index is 0.00948. The summed E-state index contributed by atoms with van der Waals surface area (Å²) in [5.41, 5.74) is -0.265. The summed E-state index contributed by atoms with van der Waals surface area (Å²) in [6, 6.07) is 0. The van der Waals surface area contributed by atoms with Crippen LogP contribution in [0.25, 0.3) is 0 Å². The minimum atomic E-state index is -0.249. The van der Waals surface area contributed by atoms with Crippen LogP contribution in [0.3, 0.4) is 0 Å². The van der Waals surface area contributed by atoms with Gasteiger partial charge in [0.2, 0.25) is 11.8 Å². The fraction of sp³-hybridized carbons (Fsp3) is 0.857. The summed E-state index contributed by atoms with van der Waals surface area (Å²) in [4.78, 5) is 22.9. The Morgan fingerprint density at radius 1 is 1.00 bits per heavy atom. The molecule has 0 aliphatic heterocycles. The van der Waals surface area contributed by atoms with Crippen molar-refractivity contribution >= 4 is 11.8 Å². The van der Waals surface area contributed by atoms with Crippen molar-refractivity contribution in [3.63, 3.8) is 0 Å². The zero-order valence-electron chi connectivity index (χ0n) is 13.1. The molecule has 0 atom stereocenters. The van der Waals surface area contributed by atoms with E-state index in [0.717, 1.165) is 0 Å². The second-order valence-electron chi connectivity index (χ2n) is 6.94. The molecule has 0 aliphatic carbocycles. The topological polar surface area (TPSA) is 67.4 Å². The number of amides is 2. The maximum absolute atomic E-state index is 11.5. The van der Waals surface area contributed by atoms with Gasteiger partial charge in [-0.05, 0) is 26.2 Å². The molecule has 0 fully saturated rings. The molecule has 0 saturated carbocycles. The molecule has 0 rings (SSSR count). The Kier molecular flexibility index (Phi) is 7.05. The quantitative estimate of drug-likeness (QED) is 0.720. The first-order valence-electron chi connectivity index (χ1n) is 6.65. The van der Waals surface area contributed by atoms with Gasteiger partial charge < -0.3 is 15.4 Å². The Morgan fingerprint density at radius 2 is 1.58 bits per heavy atom. The van der Waals surface area contributed by atoms with Gasteiger partial charge in [-0.1, -0.05) is 20.8 Å². The van der Waals surface area contributed by atoms with E-state index in [-0.39, 0.29) is 29.4 Å². The minimum Gasteiger partial charge on any atom is -0.370 e. The van der Waals surface area contributed by atoms with Gasteiger partial charge in [-0.25, -0.2) is 0 Å². The second kappa shape index (κ2) is 7.48. The first kappa shape index (κ1) is 17.9. The average Bonchev–Trinajstić information content (AvgIpc) is 2.10. The Bertz CT molecular complexity index is 271.